The van der Waals surface area contributed by atoms with Crippen LogP contribution in [-0.2, 0) is 34.0 Å². The Bertz CT molecular complexity index is 1350. The van der Waals surface area contributed by atoms with Crippen LogP contribution in [0.25, 0.3) is 0 Å². The molecule has 4 rings (SSSR count). The fourth-order valence-corrected chi connectivity index (χ4v) is 3.84. The first-order chi connectivity index (χ1) is 19.3. The molecule has 0 spiro atoms. The van der Waals surface area contributed by atoms with Crippen LogP contribution in [0.4, 0.5) is 0 Å². The number of benzene rings is 4. The van der Waals surface area contributed by atoms with E-state index >= 15 is 0 Å². The number of hydrogen-bond acceptors (Lipinski definition) is 4. The summed E-state index contributed by atoms with van der Waals surface area (Å²) in [5.74, 6) is 12.0. The molecule has 4 heteroatoms. The minimum Gasteiger partial charge on any atom is -0.388 e. The predicted molar refractivity (Wildman–Crippen MR) is 153 cm³/mol. The topological polar surface area (TPSA) is 47.9 Å². The molecule has 0 saturated carbocycles. The van der Waals surface area contributed by atoms with Crippen molar-refractivity contribution in [1.29, 1.82) is 0 Å². The third-order valence-electron chi connectivity index (χ3n) is 5.89. The van der Waals surface area contributed by atoms with Crippen LogP contribution in [0.15, 0.2) is 121 Å². The zero-order valence-corrected chi connectivity index (χ0v) is 21.8. The van der Waals surface area contributed by atoms with E-state index in [1.807, 2.05) is 121 Å². The van der Waals surface area contributed by atoms with Crippen molar-refractivity contribution in [3.8, 4) is 23.7 Å². The lowest BCUT2D eigenvalue weighted by Gasteiger charge is -2.28. The summed E-state index contributed by atoms with van der Waals surface area (Å²) in [6, 6.07) is 39.2. The average Bonchev–Trinajstić information content (AvgIpc) is 3.00. The van der Waals surface area contributed by atoms with Gasteiger partial charge in [0.2, 0.25) is 0 Å². The van der Waals surface area contributed by atoms with E-state index in [1.165, 1.54) is 0 Å². The Labute approximate surface area is 231 Å². The van der Waals surface area contributed by atoms with Gasteiger partial charge < -0.3 is 19.3 Å². The van der Waals surface area contributed by atoms with E-state index in [0.717, 1.165) is 22.3 Å². The molecule has 0 saturated heterocycles. The van der Waals surface area contributed by atoms with Crippen molar-refractivity contribution in [1.82, 2.24) is 0 Å². The van der Waals surface area contributed by atoms with Crippen molar-refractivity contribution in [3.05, 3.63) is 144 Å². The standard InChI is InChI=1S/C35H32O4/c36-33(28-37-25-30-18-7-2-8-19-30)35(39-27-32-22-11-4-12-23-32)34(38-26-31-20-9-3-10-21-31)24-14-13-17-29-15-5-1-6-16-29/h1-12,15-16,18-23,33-36H,25-28H2/t33-,34+,35-/m1/s1. The summed E-state index contributed by atoms with van der Waals surface area (Å²) in [7, 11) is 0. The zero-order valence-electron chi connectivity index (χ0n) is 21.8. The Morgan fingerprint density at radius 1 is 0.564 bits per heavy atom. The molecule has 0 aliphatic rings. The molecule has 0 radical (unpaired) electrons. The van der Waals surface area contributed by atoms with Crippen LogP contribution in [0.1, 0.15) is 22.3 Å². The van der Waals surface area contributed by atoms with Crippen LogP contribution in [0, 0.1) is 23.7 Å². The first-order valence-corrected chi connectivity index (χ1v) is 13.0. The summed E-state index contributed by atoms with van der Waals surface area (Å²) >= 11 is 0. The van der Waals surface area contributed by atoms with E-state index in [0.29, 0.717) is 19.8 Å². The fourth-order valence-electron chi connectivity index (χ4n) is 3.84. The molecule has 0 heterocycles. The molecule has 0 aliphatic carbocycles. The molecule has 4 aromatic carbocycles. The van der Waals surface area contributed by atoms with E-state index in [1.54, 1.807) is 0 Å². The lowest BCUT2D eigenvalue weighted by molar-refractivity contribution is -0.131. The molecular formula is C35H32O4. The van der Waals surface area contributed by atoms with Gasteiger partial charge in [-0.1, -0.05) is 121 Å². The maximum atomic E-state index is 11.2. The summed E-state index contributed by atoms with van der Waals surface area (Å²) in [6.45, 7) is 1.06. The second-order valence-electron chi connectivity index (χ2n) is 8.93. The molecule has 0 aromatic heterocycles. The maximum absolute atomic E-state index is 11.2. The van der Waals surface area contributed by atoms with E-state index < -0.39 is 18.3 Å². The number of aliphatic hydroxyl groups is 1. The smallest absolute Gasteiger partial charge is 0.148 e. The van der Waals surface area contributed by atoms with Gasteiger partial charge in [0.25, 0.3) is 0 Å². The molecule has 0 fully saturated rings. The summed E-state index contributed by atoms with van der Waals surface area (Å²) in [5, 5.41) is 11.2. The van der Waals surface area contributed by atoms with Gasteiger partial charge in [-0.2, -0.15) is 0 Å². The molecule has 0 bridgehead atoms. The van der Waals surface area contributed by atoms with Gasteiger partial charge in [0.1, 0.15) is 18.3 Å². The largest absolute Gasteiger partial charge is 0.388 e. The van der Waals surface area contributed by atoms with Gasteiger partial charge in [0.05, 0.1) is 26.4 Å². The Hall–Kier alpha value is -4.16. The van der Waals surface area contributed by atoms with Gasteiger partial charge in [-0.05, 0) is 40.7 Å². The van der Waals surface area contributed by atoms with Crippen molar-refractivity contribution >= 4 is 0 Å². The van der Waals surface area contributed by atoms with Crippen molar-refractivity contribution in [2.45, 2.75) is 38.1 Å². The SMILES string of the molecule is O[C@H](COCc1ccccc1)[C@@H](OCc1ccccc1)[C@H](C#CC#Cc1ccccc1)OCc1ccccc1. The number of aliphatic hydroxyl groups excluding tert-OH is 1. The highest BCUT2D eigenvalue weighted by molar-refractivity contribution is 5.40. The van der Waals surface area contributed by atoms with Crippen LogP contribution in [0.2, 0.25) is 0 Å². The minimum absolute atomic E-state index is 0.0664. The summed E-state index contributed by atoms with van der Waals surface area (Å²) in [4.78, 5) is 0. The van der Waals surface area contributed by atoms with Gasteiger partial charge >= 0.3 is 0 Å². The van der Waals surface area contributed by atoms with Crippen molar-refractivity contribution in [2.75, 3.05) is 6.61 Å². The first kappa shape index (κ1) is 27.9. The molecule has 4 nitrogen and oxygen atoms in total. The molecule has 39 heavy (non-hydrogen) atoms. The molecular weight excluding hydrogens is 484 g/mol. The van der Waals surface area contributed by atoms with Gasteiger partial charge in [-0.25, -0.2) is 0 Å². The van der Waals surface area contributed by atoms with Crippen LogP contribution in [-0.4, -0.2) is 30.0 Å². The Kier molecular flexibility index (Phi) is 11.4. The predicted octanol–water partition coefficient (Wildman–Crippen LogP) is 5.79. The molecule has 0 unspecified atom stereocenters. The molecule has 0 aliphatic heterocycles. The number of ether oxygens (including phenoxy) is 3. The summed E-state index contributed by atoms with van der Waals surface area (Å²) in [6.07, 6.45) is -2.49. The van der Waals surface area contributed by atoms with E-state index in [-0.39, 0.29) is 6.61 Å². The third kappa shape index (κ3) is 9.91. The lowest BCUT2D eigenvalue weighted by Crippen LogP contribution is -2.43. The van der Waals surface area contributed by atoms with Crippen LogP contribution < -0.4 is 0 Å². The monoisotopic (exact) mass is 516 g/mol. The fraction of sp³-hybridized carbons (Fsp3) is 0.200. The maximum Gasteiger partial charge on any atom is 0.148 e. The number of hydrogen-bond donors (Lipinski definition) is 1. The molecule has 3 atom stereocenters. The molecule has 196 valence electrons. The van der Waals surface area contributed by atoms with Crippen molar-refractivity contribution < 1.29 is 19.3 Å². The summed E-state index contributed by atoms with van der Waals surface area (Å²) in [5.41, 5.74) is 3.88. The molecule has 4 aromatic rings. The Morgan fingerprint density at radius 3 is 1.62 bits per heavy atom. The normalized spacial score (nSPS) is 12.7. The number of rotatable bonds is 12. The highest BCUT2D eigenvalue weighted by Gasteiger charge is 2.30. The van der Waals surface area contributed by atoms with E-state index in [2.05, 4.69) is 23.7 Å². The Morgan fingerprint density at radius 2 is 1.05 bits per heavy atom. The van der Waals surface area contributed by atoms with Crippen molar-refractivity contribution in [2.24, 2.45) is 0 Å². The van der Waals surface area contributed by atoms with Gasteiger partial charge in [0, 0.05) is 5.56 Å². The molecule has 0 amide bonds. The van der Waals surface area contributed by atoms with Gasteiger partial charge in [-0.15, -0.1) is 0 Å². The quantitative estimate of drug-likeness (QED) is 0.242. The van der Waals surface area contributed by atoms with Crippen molar-refractivity contribution in [3.63, 3.8) is 0 Å². The van der Waals surface area contributed by atoms with Gasteiger partial charge in [0.15, 0.2) is 0 Å². The van der Waals surface area contributed by atoms with E-state index in [9.17, 15) is 5.11 Å². The highest BCUT2D eigenvalue weighted by atomic mass is 16.6. The summed E-state index contributed by atoms with van der Waals surface area (Å²) < 4.78 is 18.3. The lowest BCUT2D eigenvalue weighted by atomic mass is 10.1. The van der Waals surface area contributed by atoms with Gasteiger partial charge in [-0.3, -0.25) is 0 Å². The molecule has 1 N–H and O–H groups in total. The second-order valence-corrected chi connectivity index (χ2v) is 8.93. The van der Waals surface area contributed by atoms with E-state index in [4.69, 9.17) is 14.2 Å². The highest BCUT2D eigenvalue weighted by Crippen LogP contribution is 2.16. The Balaban J connectivity index is 1.52. The first-order valence-electron chi connectivity index (χ1n) is 13.0. The zero-order chi connectivity index (χ0) is 27.0. The van der Waals surface area contributed by atoms with Crippen LogP contribution in [0.5, 0.6) is 0 Å². The minimum atomic E-state index is -0.977. The average molecular weight is 517 g/mol. The third-order valence-corrected chi connectivity index (χ3v) is 5.89. The van der Waals surface area contributed by atoms with Crippen LogP contribution in [0.3, 0.4) is 0 Å². The van der Waals surface area contributed by atoms with Crippen LogP contribution >= 0.6 is 0 Å². The second kappa shape index (κ2) is 15.9.